The molecule has 0 spiro atoms. The topological polar surface area (TPSA) is 52.6 Å². The monoisotopic (exact) mass is 419 g/mol. The first kappa shape index (κ1) is 20.4. The molecule has 3 aromatic carbocycles. The van der Waals surface area contributed by atoms with Crippen molar-refractivity contribution in [3.63, 3.8) is 0 Å². The lowest BCUT2D eigenvalue weighted by atomic mass is 9.93. The first-order valence-electron chi connectivity index (χ1n) is 10.0. The molecule has 0 unspecified atom stereocenters. The number of carbonyl (C=O) groups excluding carboxylic acids is 2. The number of benzene rings is 3. The largest absolute Gasteiger partial charge is 0.384 e. The molecule has 0 radical (unpaired) electrons. The maximum Gasteiger partial charge on any atom is 0.261 e. The number of carbonyl (C=O) groups is 2. The SMILES string of the molecule is CN(C)CCN1C(=O)c2cccc3c(NCCSc4ccccc4)ccc(c23)C1=O. The predicted octanol–water partition coefficient (Wildman–Crippen LogP) is 4.20. The maximum atomic E-state index is 13.0. The molecule has 1 N–H and O–H groups in total. The van der Waals surface area contributed by atoms with Crippen molar-refractivity contribution in [2.45, 2.75) is 4.90 Å². The molecular weight excluding hydrogens is 394 g/mol. The van der Waals surface area contributed by atoms with Crippen molar-refractivity contribution in [2.24, 2.45) is 0 Å². The normalized spacial score (nSPS) is 13.4. The second kappa shape index (κ2) is 8.90. The minimum absolute atomic E-state index is 0.211. The van der Waals surface area contributed by atoms with Crippen LogP contribution in [-0.2, 0) is 0 Å². The van der Waals surface area contributed by atoms with Crippen LogP contribution in [0.1, 0.15) is 20.7 Å². The van der Waals surface area contributed by atoms with Crippen LogP contribution in [0.25, 0.3) is 10.8 Å². The van der Waals surface area contributed by atoms with Gasteiger partial charge in [0.25, 0.3) is 11.8 Å². The number of nitrogens with zero attached hydrogens (tertiary/aromatic N) is 2. The summed E-state index contributed by atoms with van der Waals surface area (Å²) in [4.78, 5) is 30.6. The van der Waals surface area contributed by atoms with Gasteiger partial charge in [-0.15, -0.1) is 11.8 Å². The highest BCUT2D eigenvalue weighted by molar-refractivity contribution is 7.99. The van der Waals surface area contributed by atoms with Gasteiger partial charge >= 0.3 is 0 Å². The Kier molecular flexibility index (Phi) is 6.06. The Hall–Kier alpha value is -2.83. The molecule has 6 heteroatoms. The van der Waals surface area contributed by atoms with E-state index >= 15 is 0 Å². The number of thioether (sulfide) groups is 1. The van der Waals surface area contributed by atoms with Crippen molar-refractivity contribution in [1.29, 1.82) is 0 Å². The summed E-state index contributed by atoms with van der Waals surface area (Å²) < 4.78 is 0. The van der Waals surface area contributed by atoms with Crippen LogP contribution in [0.5, 0.6) is 0 Å². The second-order valence-corrected chi connectivity index (χ2v) is 8.71. The Balaban J connectivity index is 1.55. The van der Waals surface area contributed by atoms with Gasteiger partial charge in [-0.2, -0.15) is 0 Å². The average Bonchev–Trinajstić information content (AvgIpc) is 2.76. The van der Waals surface area contributed by atoms with Gasteiger partial charge in [0.2, 0.25) is 0 Å². The third-order valence-electron chi connectivity index (χ3n) is 5.19. The van der Waals surface area contributed by atoms with Gasteiger partial charge in [-0.05, 0) is 44.4 Å². The predicted molar refractivity (Wildman–Crippen MR) is 124 cm³/mol. The number of imide groups is 1. The molecular formula is C24H25N3O2S. The second-order valence-electron chi connectivity index (χ2n) is 7.54. The minimum atomic E-state index is -0.211. The van der Waals surface area contributed by atoms with E-state index in [0.717, 1.165) is 28.8 Å². The number of likely N-dealkylation sites (N-methyl/N-ethyl adjacent to an activating group) is 1. The van der Waals surface area contributed by atoms with Crippen LogP contribution in [0.3, 0.4) is 0 Å². The molecule has 30 heavy (non-hydrogen) atoms. The van der Waals surface area contributed by atoms with Crippen LogP contribution in [0.4, 0.5) is 5.69 Å². The number of nitrogens with one attached hydrogen (secondary N) is 1. The molecule has 1 aliphatic heterocycles. The Morgan fingerprint density at radius 3 is 2.37 bits per heavy atom. The summed E-state index contributed by atoms with van der Waals surface area (Å²) in [6.45, 7) is 1.81. The molecule has 3 aromatic rings. The Morgan fingerprint density at radius 1 is 0.900 bits per heavy atom. The zero-order valence-electron chi connectivity index (χ0n) is 17.2. The molecule has 0 saturated carbocycles. The molecule has 0 saturated heterocycles. The fourth-order valence-corrected chi connectivity index (χ4v) is 4.46. The van der Waals surface area contributed by atoms with E-state index in [0.29, 0.717) is 24.2 Å². The van der Waals surface area contributed by atoms with Crippen molar-refractivity contribution in [3.8, 4) is 0 Å². The van der Waals surface area contributed by atoms with Crippen LogP contribution < -0.4 is 5.32 Å². The molecule has 4 rings (SSSR count). The van der Waals surface area contributed by atoms with Crippen molar-refractivity contribution in [1.82, 2.24) is 9.80 Å². The van der Waals surface area contributed by atoms with Crippen molar-refractivity contribution in [3.05, 3.63) is 71.8 Å². The number of anilines is 1. The van der Waals surface area contributed by atoms with E-state index in [-0.39, 0.29) is 11.8 Å². The zero-order valence-corrected chi connectivity index (χ0v) is 18.0. The van der Waals surface area contributed by atoms with Crippen LogP contribution in [0, 0.1) is 0 Å². The molecule has 0 aromatic heterocycles. The lowest BCUT2D eigenvalue weighted by Crippen LogP contribution is -2.43. The first-order chi connectivity index (χ1) is 14.6. The Morgan fingerprint density at radius 2 is 1.63 bits per heavy atom. The van der Waals surface area contributed by atoms with Crippen LogP contribution in [0.2, 0.25) is 0 Å². The summed E-state index contributed by atoms with van der Waals surface area (Å²) in [5.41, 5.74) is 2.15. The van der Waals surface area contributed by atoms with E-state index in [2.05, 4.69) is 17.4 Å². The average molecular weight is 420 g/mol. The Bertz CT molecular complexity index is 1060. The molecule has 0 aliphatic carbocycles. The summed E-state index contributed by atoms with van der Waals surface area (Å²) in [5, 5.41) is 5.16. The van der Waals surface area contributed by atoms with Gasteiger partial charge in [0.1, 0.15) is 0 Å². The van der Waals surface area contributed by atoms with E-state index in [1.54, 1.807) is 11.8 Å². The molecule has 0 bridgehead atoms. The smallest absolute Gasteiger partial charge is 0.261 e. The number of rotatable bonds is 8. The van der Waals surface area contributed by atoms with Gasteiger partial charge in [0.05, 0.1) is 0 Å². The van der Waals surface area contributed by atoms with Gasteiger partial charge in [-0.3, -0.25) is 14.5 Å². The molecule has 0 atom stereocenters. The minimum Gasteiger partial charge on any atom is -0.384 e. The number of hydrogen-bond donors (Lipinski definition) is 1. The van der Waals surface area contributed by atoms with Crippen LogP contribution >= 0.6 is 11.8 Å². The van der Waals surface area contributed by atoms with E-state index in [1.165, 1.54) is 9.80 Å². The van der Waals surface area contributed by atoms with Crippen LogP contribution in [0.15, 0.2) is 65.6 Å². The van der Waals surface area contributed by atoms with Crippen molar-refractivity contribution < 1.29 is 9.59 Å². The van der Waals surface area contributed by atoms with Gasteiger partial charge in [-0.1, -0.05) is 30.3 Å². The molecule has 2 amide bonds. The fourth-order valence-electron chi connectivity index (χ4n) is 3.67. The zero-order chi connectivity index (χ0) is 21.1. The lowest BCUT2D eigenvalue weighted by Gasteiger charge is -2.28. The molecule has 0 fully saturated rings. The number of hydrogen-bond acceptors (Lipinski definition) is 5. The van der Waals surface area contributed by atoms with Gasteiger partial charge in [0, 0.05) is 57.9 Å². The number of amides is 2. The summed E-state index contributed by atoms with van der Waals surface area (Å²) >= 11 is 1.79. The quantitative estimate of drug-likeness (QED) is 0.337. The molecule has 1 aliphatic rings. The Labute approximate surface area is 181 Å². The van der Waals surface area contributed by atoms with E-state index in [4.69, 9.17) is 0 Å². The summed E-state index contributed by atoms with van der Waals surface area (Å²) in [5.74, 6) is 0.497. The van der Waals surface area contributed by atoms with E-state index in [9.17, 15) is 9.59 Å². The highest BCUT2D eigenvalue weighted by Crippen LogP contribution is 2.34. The van der Waals surface area contributed by atoms with Crippen molar-refractivity contribution in [2.75, 3.05) is 44.8 Å². The summed E-state index contributed by atoms with van der Waals surface area (Å²) in [7, 11) is 3.86. The van der Waals surface area contributed by atoms with Crippen molar-refractivity contribution >= 4 is 40.0 Å². The summed E-state index contributed by atoms with van der Waals surface area (Å²) in [6, 6.07) is 19.8. The van der Waals surface area contributed by atoms with E-state index in [1.807, 2.05) is 67.5 Å². The van der Waals surface area contributed by atoms with Crippen LogP contribution in [-0.4, -0.2) is 61.1 Å². The van der Waals surface area contributed by atoms with E-state index < -0.39 is 0 Å². The van der Waals surface area contributed by atoms with Gasteiger partial charge < -0.3 is 10.2 Å². The molecule has 154 valence electrons. The molecule has 5 nitrogen and oxygen atoms in total. The summed E-state index contributed by atoms with van der Waals surface area (Å²) in [6.07, 6.45) is 0. The highest BCUT2D eigenvalue weighted by Gasteiger charge is 2.32. The van der Waals surface area contributed by atoms with Gasteiger partial charge in [-0.25, -0.2) is 0 Å². The fraction of sp³-hybridized carbons (Fsp3) is 0.250. The first-order valence-corrected chi connectivity index (χ1v) is 11.0. The third-order valence-corrected chi connectivity index (χ3v) is 6.21. The highest BCUT2D eigenvalue weighted by atomic mass is 32.2. The maximum absolute atomic E-state index is 13.0. The standard InChI is InChI=1S/C24H25N3O2S/c1-26(2)14-15-27-23(28)19-10-6-9-18-21(12-11-20(22(18)19)24(27)29)25-13-16-30-17-7-4-3-5-8-17/h3-12,25H,13-16H2,1-2H3. The third kappa shape index (κ3) is 4.06. The van der Waals surface area contributed by atoms with Gasteiger partial charge in [0.15, 0.2) is 0 Å². The lowest BCUT2D eigenvalue weighted by molar-refractivity contribution is 0.0601. The molecule has 1 heterocycles.